The Morgan fingerprint density at radius 2 is 1.81 bits per heavy atom. The molecule has 1 saturated heterocycles. The van der Waals surface area contributed by atoms with Crippen molar-refractivity contribution in [1.29, 1.82) is 0 Å². The predicted molar refractivity (Wildman–Crippen MR) is 111 cm³/mol. The molecule has 0 N–H and O–H groups in total. The minimum atomic E-state index is 1.10. The second-order valence-corrected chi connectivity index (χ2v) is 8.02. The number of para-hydroxylation sites is 1. The van der Waals surface area contributed by atoms with Gasteiger partial charge in [0.15, 0.2) is 0 Å². The van der Waals surface area contributed by atoms with E-state index in [2.05, 4.69) is 59.2 Å². The van der Waals surface area contributed by atoms with Crippen molar-refractivity contribution >= 4 is 23.5 Å². The summed E-state index contributed by atoms with van der Waals surface area (Å²) in [7, 11) is 0. The van der Waals surface area contributed by atoms with Crippen LogP contribution in [0.2, 0.25) is 0 Å². The van der Waals surface area contributed by atoms with Crippen LogP contribution >= 0.6 is 0 Å². The van der Waals surface area contributed by atoms with Gasteiger partial charge in [0.25, 0.3) is 0 Å². The first-order valence-electron chi connectivity index (χ1n) is 10.2. The Bertz CT molecular complexity index is 859. The smallest absolute Gasteiger partial charge is 0.0517 e. The Morgan fingerprint density at radius 3 is 2.69 bits per heavy atom. The number of hydrogen-bond acceptors (Lipinski definition) is 2. The molecule has 3 aliphatic heterocycles. The lowest BCUT2D eigenvalue weighted by Gasteiger charge is -2.27. The van der Waals surface area contributed by atoms with Crippen molar-refractivity contribution in [3.05, 3.63) is 58.1 Å². The molecule has 0 spiro atoms. The number of rotatable bonds is 3. The molecule has 0 saturated carbocycles. The van der Waals surface area contributed by atoms with Gasteiger partial charge in [-0.25, -0.2) is 0 Å². The first-order chi connectivity index (χ1) is 12.8. The average Bonchev–Trinajstić information content (AvgIpc) is 3.03. The number of anilines is 2. The summed E-state index contributed by atoms with van der Waals surface area (Å²) in [5, 5.41) is 0. The van der Waals surface area contributed by atoms with Crippen molar-refractivity contribution in [3.8, 4) is 0 Å². The van der Waals surface area contributed by atoms with E-state index < -0.39 is 0 Å². The van der Waals surface area contributed by atoms with Crippen molar-refractivity contribution in [2.24, 2.45) is 0 Å². The maximum Gasteiger partial charge on any atom is 0.0517 e. The Kier molecular flexibility index (Phi) is 4.09. The zero-order valence-corrected chi connectivity index (χ0v) is 15.8. The third-order valence-electron chi connectivity index (χ3n) is 6.50. The largest absolute Gasteiger partial charge is 0.340 e. The predicted octanol–water partition coefficient (Wildman–Crippen LogP) is 5.20. The minimum Gasteiger partial charge on any atom is -0.340 e. The molecule has 0 amide bonds. The van der Waals surface area contributed by atoms with E-state index in [4.69, 9.17) is 0 Å². The molecule has 0 unspecified atom stereocenters. The van der Waals surface area contributed by atoms with E-state index in [0.29, 0.717) is 0 Å². The van der Waals surface area contributed by atoms with Gasteiger partial charge in [0.1, 0.15) is 0 Å². The maximum atomic E-state index is 2.65. The van der Waals surface area contributed by atoms with Gasteiger partial charge in [-0.1, -0.05) is 42.8 Å². The molecule has 134 valence electrons. The van der Waals surface area contributed by atoms with Crippen LogP contribution in [0.4, 0.5) is 11.4 Å². The molecule has 2 aromatic rings. The van der Waals surface area contributed by atoms with Crippen molar-refractivity contribution in [2.75, 3.05) is 31.1 Å². The van der Waals surface area contributed by atoms with Crippen molar-refractivity contribution in [2.45, 2.75) is 39.0 Å². The highest BCUT2D eigenvalue weighted by Gasteiger charge is 2.26. The average molecular weight is 345 g/mol. The number of likely N-dealkylation sites (tertiary alicyclic amines) is 1. The second-order valence-electron chi connectivity index (χ2n) is 8.02. The summed E-state index contributed by atoms with van der Waals surface area (Å²) >= 11 is 0. The molecule has 5 rings (SSSR count). The molecule has 3 aliphatic rings. The lowest BCUT2D eigenvalue weighted by molar-refractivity contribution is 0.231. The standard InChI is InChI=1S/C24H28N2/c1-18-19(12-16-25-14-3-2-4-15-25)9-11-23-22(18)10-8-20-6-5-7-21-13-17-26(23)24(20)21/h5-11H,2-4,12-17H2,1H3. The van der Waals surface area contributed by atoms with E-state index >= 15 is 0 Å². The molecule has 2 aromatic carbocycles. The van der Waals surface area contributed by atoms with Crippen LogP contribution in [0.25, 0.3) is 12.2 Å². The van der Waals surface area contributed by atoms with Gasteiger partial charge in [-0.05, 0) is 74.0 Å². The molecule has 0 aromatic heterocycles. The SMILES string of the molecule is Cc1c(CCN2CCCCC2)ccc2c1C=Cc1cccc3c1N2CC3. The van der Waals surface area contributed by atoms with E-state index in [1.54, 1.807) is 0 Å². The van der Waals surface area contributed by atoms with Gasteiger partial charge in [-0.15, -0.1) is 0 Å². The zero-order chi connectivity index (χ0) is 17.5. The molecule has 2 nitrogen and oxygen atoms in total. The Balaban J connectivity index is 1.46. The van der Waals surface area contributed by atoms with E-state index in [1.807, 2.05) is 0 Å². The van der Waals surface area contributed by atoms with Crippen LogP contribution in [-0.2, 0) is 12.8 Å². The van der Waals surface area contributed by atoms with Crippen LogP contribution in [0.1, 0.15) is 47.1 Å². The highest BCUT2D eigenvalue weighted by molar-refractivity contribution is 5.92. The lowest BCUT2D eigenvalue weighted by Crippen LogP contribution is -2.31. The first kappa shape index (κ1) is 16.1. The third-order valence-corrected chi connectivity index (χ3v) is 6.50. The molecule has 0 atom stereocenters. The van der Waals surface area contributed by atoms with Gasteiger partial charge < -0.3 is 9.80 Å². The molecule has 0 aliphatic carbocycles. The molecule has 0 bridgehead atoms. The van der Waals surface area contributed by atoms with Crippen molar-refractivity contribution < 1.29 is 0 Å². The Hall–Kier alpha value is -2.06. The van der Waals surface area contributed by atoms with Gasteiger partial charge in [0.2, 0.25) is 0 Å². The highest BCUT2D eigenvalue weighted by Crippen LogP contribution is 2.43. The number of benzene rings is 2. The van der Waals surface area contributed by atoms with E-state index in [0.717, 1.165) is 13.0 Å². The molecule has 3 heterocycles. The molecular weight excluding hydrogens is 316 g/mol. The number of piperidine rings is 1. The fraction of sp³-hybridized carbons (Fsp3) is 0.417. The fourth-order valence-corrected chi connectivity index (χ4v) is 4.97. The number of hydrogen-bond donors (Lipinski definition) is 0. The van der Waals surface area contributed by atoms with Gasteiger partial charge in [0.05, 0.1) is 5.69 Å². The summed E-state index contributed by atoms with van der Waals surface area (Å²) in [4.78, 5) is 5.19. The summed E-state index contributed by atoms with van der Waals surface area (Å²) in [5.41, 5.74) is 10.1. The molecule has 1 fully saturated rings. The lowest BCUT2D eigenvalue weighted by atomic mass is 9.97. The van der Waals surface area contributed by atoms with E-state index in [9.17, 15) is 0 Å². The van der Waals surface area contributed by atoms with Crippen LogP contribution in [0.15, 0.2) is 30.3 Å². The normalized spacial score (nSPS) is 18.6. The van der Waals surface area contributed by atoms with Gasteiger partial charge in [-0.2, -0.15) is 0 Å². The summed E-state index contributed by atoms with van der Waals surface area (Å²) in [6, 6.07) is 11.5. The van der Waals surface area contributed by atoms with Crippen molar-refractivity contribution in [3.63, 3.8) is 0 Å². The highest BCUT2D eigenvalue weighted by atomic mass is 15.2. The van der Waals surface area contributed by atoms with E-state index in [1.165, 1.54) is 84.5 Å². The molecular formula is C24H28N2. The Morgan fingerprint density at radius 1 is 0.923 bits per heavy atom. The zero-order valence-electron chi connectivity index (χ0n) is 15.8. The molecule has 0 radical (unpaired) electrons. The summed E-state index contributed by atoms with van der Waals surface area (Å²) in [6.45, 7) is 7.21. The summed E-state index contributed by atoms with van der Waals surface area (Å²) < 4.78 is 0. The van der Waals surface area contributed by atoms with Crippen LogP contribution in [0.3, 0.4) is 0 Å². The molecule has 2 heteroatoms. The van der Waals surface area contributed by atoms with E-state index in [-0.39, 0.29) is 0 Å². The quantitative estimate of drug-likeness (QED) is 0.755. The Labute approximate surface area is 157 Å². The summed E-state index contributed by atoms with van der Waals surface area (Å²) in [6.07, 6.45) is 11.2. The second kappa shape index (κ2) is 6.59. The van der Waals surface area contributed by atoms with Crippen LogP contribution in [0, 0.1) is 6.92 Å². The molecule has 26 heavy (non-hydrogen) atoms. The number of nitrogens with zero attached hydrogens (tertiary/aromatic N) is 2. The fourth-order valence-electron chi connectivity index (χ4n) is 4.97. The number of fused-ring (bicyclic) bond motifs is 2. The topological polar surface area (TPSA) is 6.48 Å². The third kappa shape index (κ3) is 2.68. The van der Waals surface area contributed by atoms with Gasteiger partial charge in [0, 0.05) is 24.3 Å². The van der Waals surface area contributed by atoms with Crippen molar-refractivity contribution in [1.82, 2.24) is 4.90 Å². The van der Waals surface area contributed by atoms with Crippen LogP contribution in [-0.4, -0.2) is 31.1 Å². The minimum absolute atomic E-state index is 1.10. The first-order valence-corrected chi connectivity index (χ1v) is 10.2. The van der Waals surface area contributed by atoms with Crippen LogP contribution < -0.4 is 4.90 Å². The van der Waals surface area contributed by atoms with Crippen LogP contribution in [0.5, 0.6) is 0 Å². The summed E-state index contributed by atoms with van der Waals surface area (Å²) in [5.74, 6) is 0. The maximum absolute atomic E-state index is 2.65. The van der Waals surface area contributed by atoms with Gasteiger partial charge >= 0.3 is 0 Å². The monoisotopic (exact) mass is 344 g/mol. The van der Waals surface area contributed by atoms with Gasteiger partial charge in [-0.3, -0.25) is 0 Å².